The highest BCUT2D eigenvalue weighted by Gasteiger charge is 2.19. The van der Waals surface area contributed by atoms with Gasteiger partial charge in [-0.05, 0) is 19.8 Å². The van der Waals surface area contributed by atoms with Gasteiger partial charge in [-0.3, -0.25) is 0 Å². The predicted molar refractivity (Wildman–Crippen MR) is 76.1 cm³/mol. The molecule has 0 unspecified atom stereocenters. The van der Waals surface area contributed by atoms with E-state index in [0.717, 1.165) is 24.2 Å². The standard InChI is InChI=1S/C16H20N2O/c1-12-5-7-13(8-6-12)16-14(9-11-19)18-10-3-2-4-15(18)17-16/h5-8,19H,2-4,9-11H2,1H3. The van der Waals surface area contributed by atoms with E-state index in [2.05, 4.69) is 35.8 Å². The molecule has 3 heteroatoms. The number of rotatable bonds is 3. The first kappa shape index (κ1) is 12.4. The van der Waals surface area contributed by atoms with Crippen molar-refractivity contribution >= 4 is 0 Å². The number of aliphatic hydroxyl groups excluding tert-OH is 1. The summed E-state index contributed by atoms with van der Waals surface area (Å²) in [5.74, 6) is 1.19. The molecule has 0 amide bonds. The van der Waals surface area contributed by atoms with Crippen LogP contribution in [0.1, 0.15) is 29.9 Å². The first-order valence-electron chi connectivity index (χ1n) is 7.06. The number of benzene rings is 1. The second-order valence-electron chi connectivity index (χ2n) is 5.27. The van der Waals surface area contributed by atoms with Crippen LogP contribution in [0.3, 0.4) is 0 Å². The van der Waals surface area contributed by atoms with Crippen molar-refractivity contribution in [3.05, 3.63) is 41.3 Å². The highest BCUT2D eigenvalue weighted by Crippen LogP contribution is 2.28. The number of hydrogen-bond acceptors (Lipinski definition) is 2. The third-order valence-corrected chi connectivity index (χ3v) is 3.86. The van der Waals surface area contributed by atoms with Gasteiger partial charge < -0.3 is 9.67 Å². The third kappa shape index (κ3) is 2.30. The molecule has 1 aliphatic heterocycles. The van der Waals surface area contributed by atoms with E-state index in [9.17, 15) is 5.11 Å². The van der Waals surface area contributed by atoms with E-state index in [1.807, 2.05) is 0 Å². The highest BCUT2D eigenvalue weighted by molar-refractivity contribution is 5.63. The quantitative estimate of drug-likeness (QED) is 0.917. The summed E-state index contributed by atoms with van der Waals surface area (Å²) in [6.45, 7) is 3.32. The first-order valence-corrected chi connectivity index (χ1v) is 7.06. The maximum absolute atomic E-state index is 9.31. The van der Waals surface area contributed by atoms with Crippen molar-refractivity contribution in [2.75, 3.05) is 6.61 Å². The zero-order valence-electron chi connectivity index (χ0n) is 11.4. The molecule has 19 heavy (non-hydrogen) atoms. The number of hydrogen-bond donors (Lipinski definition) is 1. The van der Waals surface area contributed by atoms with Crippen LogP contribution in [0.4, 0.5) is 0 Å². The maximum atomic E-state index is 9.31. The largest absolute Gasteiger partial charge is 0.396 e. The van der Waals surface area contributed by atoms with Gasteiger partial charge in [-0.25, -0.2) is 4.98 Å². The summed E-state index contributed by atoms with van der Waals surface area (Å²) in [5.41, 5.74) is 4.68. The molecule has 2 aromatic rings. The number of aryl methyl sites for hydroxylation is 2. The first-order chi connectivity index (χ1) is 9.29. The van der Waals surface area contributed by atoms with Crippen LogP contribution in [-0.4, -0.2) is 21.3 Å². The molecule has 0 saturated carbocycles. The topological polar surface area (TPSA) is 38.0 Å². The van der Waals surface area contributed by atoms with Crippen molar-refractivity contribution < 1.29 is 5.11 Å². The summed E-state index contributed by atoms with van der Waals surface area (Å²) >= 11 is 0. The van der Waals surface area contributed by atoms with Crippen molar-refractivity contribution in [2.45, 2.75) is 39.2 Å². The molecule has 3 nitrogen and oxygen atoms in total. The minimum Gasteiger partial charge on any atom is -0.396 e. The van der Waals surface area contributed by atoms with Crippen molar-refractivity contribution in [1.82, 2.24) is 9.55 Å². The average molecular weight is 256 g/mol. The van der Waals surface area contributed by atoms with Crippen LogP contribution in [-0.2, 0) is 19.4 Å². The lowest BCUT2D eigenvalue weighted by Crippen LogP contribution is -2.13. The lowest BCUT2D eigenvalue weighted by Gasteiger charge is -2.16. The molecule has 2 heterocycles. The summed E-state index contributed by atoms with van der Waals surface area (Å²) in [4.78, 5) is 4.82. The Morgan fingerprint density at radius 1 is 1.21 bits per heavy atom. The van der Waals surface area contributed by atoms with E-state index in [-0.39, 0.29) is 6.61 Å². The van der Waals surface area contributed by atoms with Gasteiger partial charge in [0.05, 0.1) is 5.69 Å². The van der Waals surface area contributed by atoms with Crippen LogP contribution in [0.25, 0.3) is 11.3 Å². The van der Waals surface area contributed by atoms with Gasteiger partial charge in [0, 0.05) is 37.3 Å². The lowest BCUT2D eigenvalue weighted by molar-refractivity contribution is 0.295. The van der Waals surface area contributed by atoms with Crippen molar-refractivity contribution in [3.63, 3.8) is 0 Å². The van der Waals surface area contributed by atoms with Crippen molar-refractivity contribution in [1.29, 1.82) is 0 Å². The van der Waals surface area contributed by atoms with E-state index >= 15 is 0 Å². The molecule has 1 aromatic heterocycles. The number of fused-ring (bicyclic) bond motifs is 1. The fourth-order valence-corrected chi connectivity index (χ4v) is 2.85. The molecular formula is C16H20N2O. The van der Waals surface area contributed by atoms with Crippen LogP contribution in [0, 0.1) is 6.92 Å². The van der Waals surface area contributed by atoms with Gasteiger partial charge in [0.15, 0.2) is 0 Å². The third-order valence-electron chi connectivity index (χ3n) is 3.86. The minimum absolute atomic E-state index is 0.185. The van der Waals surface area contributed by atoms with Gasteiger partial charge in [0.25, 0.3) is 0 Å². The van der Waals surface area contributed by atoms with E-state index < -0.39 is 0 Å². The maximum Gasteiger partial charge on any atom is 0.109 e. The summed E-state index contributed by atoms with van der Waals surface area (Å²) < 4.78 is 2.31. The summed E-state index contributed by atoms with van der Waals surface area (Å²) in [6.07, 6.45) is 4.19. The molecule has 3 rings (SSSR count). The summed E-state index contributed by atoms with van der Waals surface area (Å²) in [6, 6.07) is 8.50. The Hall–Kier alpha value is -1.61. The van der Waals surface area contributed by atoms with E-state index in [0.29, 0.717) is 6.42 Å². The van der Waals surface area contributed by atoms with Gasteiger partial charge in [-0.15, -0.1) is 0 Å². The molecule has 0 saturated heterocycles. The molecular weight excluding hydrogens is 236 g/mol. The second kappa shape index (κ2) is 5.17. The molecule has 0 atom stereocenters. The van der Waals surface area contributed by atoms with E-state index in [1.54, 1.807) is 0 Å². The zero-order valence-corrected chi connectivity index (χ0v) is 11.4. The number of aromatic nitrogens is 2. The fourth-order valence-electron chi connectivity index (χ4n) is 2.85. The Morgan fingerprint density at radius 2 is 2.00 bits per heavy atom. The Bertz CT molecular complexity index is 569. The Kier molecular flexibility index (Phi) is 3.38. The monoisotopic (exact) mass is 256 g/mol. The number of aliphatic hydroxyl groups is 1. The molecule has 0 spiro atoms. The van der Waals surface area contributed by atoms with Gasteiger partial charge >= 0.3 is 0 Å². The van der Waals surface area contributed by atoms with Crippen LogP contribution < -0.4 is 0 Å². The molecule has 0 bridgehead atoms. The SMILES string of the molecule is Cc1ccc(-c2nc3n(c2CCO)CCCC3)cc1. The molecule has 0 fully saturated rings. The van der Waals surface area contributed by atoms with Crippen molar-refractivity contribution in [3.8, 4) is 11.3 Å². The minimum atomic E-state index is 0.185. The van der Waals surface area contributed by atoms with Crippen LogP contribution in [0.5, 0.6) is 0 Å². The van der Waals surface area contributed by atoms with E-state index in [1.165, 1.54) is 29.9 Å². The van der Waals surface area contributed by atoms with Crippen LogP contribution >= 0.6 is 0 Å². The fraction of sp³-hybridized carbons (Fsp3) is 0.438. The Labute approximate surface area is 113 Å². The smallest absolute Gasteiger partial charge is 0.109 e. The second-order valence-corrected chi connectivity index (χ2v) is 5.27. The summed E-state index contributed by atoms with van der Waals surface area (Å²) in [5, 5.41) is 9.31. The lowest BCUT2D eigenvalue weighted by atomic mass is 10.1. The molecule has 1 aliphatic rings. The van der Waals surface area contributed by atoms with Crippen LogP contribution in [0.2, 0.25) is 0 Å². The average Bonchev–Trinajstić information content (AvgIpc) is 2.79. The molecule has 1 N–H and O–H groups in total. The van der Waals surface area contributed by atoms with Gasteiger partial charge in [-0.2, -0.15) is 0 Å². The molecule has 1 aromatic carbocycles. The number of imidazole rings is 1. The van der Waals surface area contributed by atoms with Gasteiger partial charge in [-0.1, -0.05) is 29.8 Å². The highest BCUT2D eigenvalue weighted by atomic mass is 16.3. The van der Waals surface area contributed by atoms with Crippen LogP contribution in [0.15, 0.2) is 24.3 Å². The van der Waals surface area contributed by atoms with Gasteiger partial charge in [0.2, 0.25) is 0 Å². The normalized spacial score (nSPS) is 14.4. The van der Waals surface area contributed by atoms with Crippen molar-refractivity contribution in [2.24, 2.45) is 0 Å². The van der Waals surface area contributed by atoms with E-state index in [4.69, 9.17) is 4.98 Å². The molecule has 0 aliphatic carbocycles. The summed E-state index contributed by atoms with van der Waals surface area (Å²) in [7, 11) is 0. The zero-order chi connectivity index (χ0) is 13.2. The molecule has 100 valence electrons. The number of nitrogens with zero attached hydrogens (tertiary/aromatic N) is 2. The Morgan fingerprint density at radius 3 is 2.74 bits per heavy atom. The molecule has 0 radical (unpaired) electrons. The predicted octanol–water partition coefficient (Wildman–Crippen LogP) is 2.73. The Balaban J connectivity index is 2.09. The van der Waals surface area contributed by atoms with Gasteiger partial charge in [0.1, 0.15) is 5.82 Å².